The van der Waals surface area contributed by atoms with Gasteiger partial charge in [-0.1, -0.05) is 13.8 Å². The van der Waals surface area contributed by atoms with E-state index in [1.165, 1.54) is 0 Å². The summed E-state index contributed by atoms with van der Waals surface area (Å²) in [7, 11) is 0. The fourth-order valence-corrected chi connectivity index (χ4v) is 0. The zero-order chi connectivity index (χ0) is 10.1. The molecule has 12 heavy (non-hydrogen) atoms. The molecule has 0 aliphatic carbocycles. The number of hydrogen-bond acceptors (Lipinski definition) is 6. The maximum Gasteiger partial charge on any atom is 0.231 e. The van der Waals surface area contributed by atoms with Crippen molar-refractivity contribution in [2.45, 2.75) is 13.8 Å². The minimum absolute atomic E-state index is 0. The molecule has 70 valence electrons. The third kappa shape index (κ3) is 113. The maximum atomic E-state index is 8.35. The van der Waals surface area contributed by atoms with Crippen molar-refractivity contribution in [3.8, 4) is 0 Å². The molecule has 0 heterocycles. The lowest BCUT2D eigenvalue weighted by Crippen LogP contribution is -1.16. The summed E-state index contributed by atoms with van der Waals surface area (Å²) < 4.78 is 0. The highest BCUT2D eigenvalue weighted by molar-refractivity contribution is 5.26. The van der Waals surface area contributed by atoms with Gasteiger partial charge in [-0.25, -0.2) is 30.6 Å². The molecule has 0 amide bonds. The van der Waals surface area contributed by atoms with Gasteiger partial charge in [0.15, 0.2) is 0 Å². The molecule has 0 bridgehead atoms. The first-order valence-electron chi connectivity index (χ1n) is 2.36. The van der Waals surface area contributed by atoms with Crippen molar-refractivity contribution in [2.24, 2.45) is 0 Å². The Kier molecular flexibility index (Phi) is 1320. The molecule has 0 radical (unpaired) electrons. The number of isocyanates is 3. The zero-order valence-electron chi connectivity index (χ0n) is 6.72. The van der Waals surface area contributed by atoms with Crippen molar-refractivity contribution in [3.05, 3.63) is 0 Å². The number of rotatable bonds is 0. The molecule has 0 aliphatic rings. The van der Waals surface area contributed by atoms with Crippen molar-refractivity contribution < 1.29 is 19.9 Å². The standard InChI is InChI=1S/C2H6.3CHNO.H2O/c1-2;3*2-1-3;/h1-2H3;3*2H;1H2. The Morgan fingerprint density at radius 3 is 0.750 bits per heavy atom. The van der Waals surface area contributed by atoms with Crippen LogP contribution in [0.1, 0.15) is 13.8 Å². The van der Waals surface area contributed by atoms with Crippen molar-refractivity contribution in [1.82, 2.24) is 0 Å². The molecule has 0 aromatic heterocycles. The highest BCUT2D eigenvalue weighted by atomic mass is 16.1. The molecule has 0 fully saturated rings. The quantitative estimate of drug-likeness (QED) is 0.349. The van der Waals surface area contributed by atoms with E-state index in [0.29, 0.717) is 0 Å². The van der Waals surface area contributed by atoms with Crippen LogP contribution in [0.25, 0.3) is 0 Å². The maximum absolute atomic E-state index is 8.35. The second-order valence-electron chi connectivity index (χ2n) is 0.306. The van der Waals surface area contributed by atoms with Crippen LogP contribution in [-0.2, 0) is 14.4 Å². The van der Waals surface area contributed by atoms with Crippen molar-refractivity contribution in [3.63, 3.8) is 0 Å². The summed E-state index contributed by atoms with van der Waals surface area (Å²) in [5.74, 6) is 0. The third-order valence-corrected chi connectivity index (χ3v) is 0. The van der Waals surface area contributed by atoms with Crippen molar-refractivity contribution >= 4 is 18.2 Å². The third-order valence-electron chi connectivity index (χ3n) is 0. The predicted octanol–water partition coefficient (Wildman–Crippen LogP) is -0.0956. The summed E-state index contributed by atoms with van der Waals surface area (Å²) in [4.78, 5) is 25.0. The Bertz CT molecular complexity index is 110. The fourth-order valence-electron chi connectivity index (χ4n) is 0. The number of nitrogens with one attached hydrogen (secondary N) is 3. The summed E-state index contributed by atoms with van der Waals surface area (Å²) in [5, 5.41) is 16.2. The Hall–Kier alpha value is -1.90. The zero-order valence-corrected chi connectivity index (χ0v) is 6.72. The van der Waals surface area contributed by atoms with Crippen LogP contribution in [0.4, 0.5) is 0 Å². The first-order chi connectivity index (χ1) is 5.24. The van der Waals surface area contributed by atoms with E-state index in [1.807, 2.05) is 13.8 Å². The lowest BCUT2D eigenvalue weighted by atomic mass is 11.0. The van der Waals surface area contributed by atoms with Gasteiger partial charge in [-0.2, -0.15) is 0 Å². The molecule has 0 rings (SSSR count). The molecule has 5 N–H and O–H groups in total. The molecular formula is C5H11N3O4. The summed E-state index contributed by atoms with van der Waals surface area (Å²) >= 11 is 0. The normalized spacial score (nSPS) is 2.50. The van der Waals surface area contributed by atoms with E-state index in [1.54, 1.807) is 0 Å². The second-order valence-corrected chi connectivity index (χ2v) is 0.306. The van der Waals surface area contributed by atoms with E-state index in [4.69, 9.17) is 30.6 Å². The summed E-state index contributed by atoms with van der Waals surface area (Å²) in [6.07, 6.45) is 2.25. The summed E-state index contributed by atoms with van der Waals surface area (Å²) in [6.45, 7) is 4.00. The van der Waals surface area contributed by atoms with Gasteiger partial charge in [0.25, 0.3) is 0 Å². The van der Waals surface area contributed by atoms with Crippen LogP contribution in [-0.4, -0.2) is 23.7 Å². The van der Waals surface area contributed by atoms with Gasteiger partial charge in [0, 0.05) is 0 Å². The monoisotopic (exact) mass is 177 g/mol. The Balaban J connectivity index is -0.0000000179. The summed E-state index contributed by atoms with van der Waals surface area (Å²) in [6, 6.07) is 0. The van der Waals surface area contributed by atoms with Gasteiger partial charge in [0.2, 0.25) is 18.2 Å². The van der Waals surface area contributed by atoms with Gasteiger partial charge >= 0.3 is 0 Å². The van der Waals surface area contributed by atoms with Crippen LogP contribution in [0.15, 0.2) is 0 Å². The van der Waals surface area contributed by atoms with Crippen LogP contribution in [0.3, 0.4) is 0 Å². The number of hydrogen-bond donors (Lipinski definition) is 3. The average Bonchev–Trinajstić information content (AvgIpc) is 1.96. The van der Waals surface area contributed by atoms with Crippen LogP contribution >= 0.6 is 0 Å². The SMILES string of the molecule is CC.N=C=O.N=C=O.N=C=O.O. The van der Waals surface area contributed by atoms with Gasteiger partial charge < -0.3 is 5.48 Å². The number of carbonyl (C=O) groups excluding carboxylic acids is 3. The van der Waals surface area contributed by atoms with Crippen LogP contribution in [0, 0.1) is 16.2 Å². The smallest absolute Gasteiger partial charge is 0.231 e. The molecule has 0 saturated heterocycles. The van der Waals surface area contributed by atoms with Gasteiger partial charge in [-0.05, 0) is 0 Å². The highest BCUT2D eigenvalue weighted by Gasteiger charge is 1.04. The minimum Gasteiger partial charge on any atom is -0.412 e. The molecule has 0 spiro atoms. The highest BCUT2D eigenvalue weighted by Crippen LogP contribution is 1.14. The van der Waals surface area contributed by atoms with Gasteiger partial charge in [-0.15, -0.1) is 0 Å². The molecule has 0 saturated carbocycles. The van der Waals surface area contributed by atoms with E-state index in [-0.39, 0.29) is 5.48 Å². The first kappa shape index (κ1) is 32.2. The topological polar surface area (TPSA) is 154 Å². The van der Waals surface area contributed by atoms with Crippen molar-refractivity contribution in [2.75, 3.05) is 0 Å². The van der Waals surface area contributed by atoms with E-state index in [2.05, 4.69) is 0 Å². The molecular weight excluding hydrogens is 166 g/mol. The molecule has 7 heteroatoms. The van der Waals surface area contributed by atoms with Crippen LogP contribution < -0.4 is 0 Å². The fraction of sp³-hybridized carbons (Fsp3) is 0.400. The molecule has 0 atom stereocenters. The van der Waals surface area contributed by atoms with E-state index in [9.17, 15) is 0 Å². The lowest BCUT2D eigenvalue weighted by molar-refractivity contribution is 0.562. The molecule has 0 unspecified atom stereocenters. The molecule has 0 aromatic rings. The minimum atomic E-state index is 0. The van der Waals surface area contributed by atoms with E-state index >= 15 is 0 Å². The Morgan fingerprint density at radius 1 is 0.750 bits per heavy atom. The average molecular weight is 177 g/mol. The van der Waals surface area contributed by atoms with Gasteiger partial charge in [-0.3, -0.25) is 0 Å². The Morgan fingerprint density at radius 2 is 0.750 bits per heavy atom. The van der Waals surface area contributed by atoms with Crippen molar-refractivity contribution in [1.29, 1.82) is 16.2 Å². The first-order valence-corrected chi connectivity index (χ1v) is 2.36. The lowest BCUT2D eigenvalue weighted by Gasteiger charge is -1.07. The van der Waals surface area contributed by atoms with Gasteiger partial charge in [0.05, 0.1) is 0 Å². The second kappa shape index (κ2) is 493. The largest absolute Gasteiger partial charge is 0.412 e. The molecule has 0 aromatic carbocycles. The van der Waals surface area contributed by atoms with Crippen LogP contribution in [0.2, 0.25) is 0 Å². The Labute approximate surface area is 69.2 Å². The van der Waals surface area contributed by atoms with Gasteiger partial charge in [0.1, 0.15) is 0 Å². The van der Waals surface area contributed by atoms with Crippen LogP contribution in [0.5, 0.6) is 0 Å². The molecule has 7 nitrogen and oxygen atoms in total. The summed E-state index contributed by atoms with van der Waals surface area (Å²) in [5.41, 5.74) is 0. The van der Waals surface area contributed by atoms with E-state index in [0.717, 1.165) is 18.2 Å². The predicted molar refractivity (Wildman–Crippen MR) is 40.2 cm³/mol. The molecule has 0 aliphatic heterocycles. The van der Waals surface area contributed by atoms with E-state index < -0.39 is 0 Å².